The monoisotopic (exact) mass is 622 g/mol. The maximum atomic E-state index is 14.1. The fourth-order valence-corrected chi connectivity index (χ4v) is 4.97. The number of hydrogen-bond acceptors (Lipinski definition) is 6. The van der Waals surface area contributed by atoms with Gasteiger partial charge in [0, 0.05) is 58.1 Å². The highest BCUT2D eigenvalue weighted by Crippen LogP contribution is 2.31. The molecule has 9 nitrogen and oxygen atoms in total. The number of hydrogen-bond donors (Lipinski definition) is 2. The molecule has 0 aromatic heterocycles. The Morgan fingerprint density at radius 1 is 1.11 bits per heavy atom. The van der Waals surface area contributed by atoms with Crippen LogP contribution < -0.4 is 15.0 Å². The molecule has 244 valence electrons. The van der Waals surface area contributed by atoms with Gasteiger partial charge in [0.2, 0.25) is 0 Å². The molecular weight excluding hydrogens is 577 g/mol. The Kier molecular flexibility index (Phi) is 12.3. The van der Waals surface area contributed by atoms with Crippen molar-refractivity contribution in [3.8, 4) is 5.75 Å². The van der Waals surface area contributed by atoms with Gasteiger partial charge >= 0.3 is 12.2 Å². The Labute approximate surface area is 257 Å². The van der Waals surface area contributed by atoms with Crippen molar-refractivity contribution in [3.05, 3.63) is 53.6 Å². The number of aliphatic hydroxyl groups is 1. The molecule has 1 aliphatic heterocycles. The first-order valence-electron chi connectivity index (χ1n) is 14.9. The van der Waals surface area contributed by atoms with E-state index in [4.69, 9.17) is 9.47 Å². The first kappa shape index (κ1) is 35.0. The molecule has 4 atom stereocenters. The third-order valence-corrected chi connectivity index (χ3v) is 7.82. The van der Waals surface area contributed by atoms with Gasteiger partial charge in [0.1, 0.15) is 5.75 Å². The molecule has 0 saturated heterocycles. The van der Waals surface area contributed by atoms with Gasteiger partial charge in [-0.05, 0) is 75.6 Å². The summed E-state index contributed by atoms with van der Waals surface area (Å²) in [6.07, 6.45) is -2.74. The van der Waals surface area contributed by atoms with E-state index in [0.29, 0.717) is 17.9 Å². The number of anilines is 2. The van der Waals surface area contributed by atoms with Crippen LogP contribution in [-0.4, -0.2) is 92.5 Å². The van der Waals surface area contributed by atoms with Crippen LogP contribution in [0.5, 0.6) is 5.75 Å². The topological polar surface area (TPSA) is 94.6 Å². The molecule has 3 amide bonds. The molecule has 0 bridgehead atoms. The number of fused-ring (bicyclic) bond motifs is 1. The number of carbonyl (C=O) groups is 2. The third kappa shape index (κ3) is 9.49. The van der Waals surface area contributed by atoms with Crippen LogP contribution in [0.1, 0.15) is 56.0 Å². The van der Waals surface area contributed by atoms with Gasteiger partial charge in [-0.3, -0.25) is 4.79 Å². The van der Waals surface area contributed by atoms with Gasteiger partial charge < -0.3 is 34.6 Å². The second kappa shape index (κ2) is 15.5. The fourth-order valence-electron chi connectivity index (χ4n) is 4.97. The second-order valence-corrected chi connectivity index (χ2v) is 11.8. The molecule has 1 aliphatic rings. The predicted molar refractivity (Wildman–Crippen MR) is 164 cm³/mol. The van der Waals surface area contributed by atoms with Crippen molar-refractivity contribution in [2.45, 2.75) is 64.5 Å². The highest BCUT2D eigenvalue weighted by Gasteiger charge is 2.32. The van der Waals surface area contributed by atoms with E-state index >= 15 is 0 Å². The van der Waals surface area contributed by atoms with Gasteiger partial charge in [0.15, 0.2) is 0 Å². The first-order valence-corrected chi connectivity index (χ1v) is 14.9. The van der Waals surface area contributed by atoms with Crippen LogP contribution in [0.25, 0.3) is 0 Å². The molecule has 1 heterocycles. The van der Waals surface area contributed by atoms with Crippen molar-refractivity contribution in [2.24, 2.45) is 5.92 Å². The molecule has 3 rings (SSSR count). The highest BCUT2D eigenvalue weighted by atomic mass is 19.4. The zero-order valence-corrected chi connectivity index (χ0v) is 26.4. The quantitative estimate of drug-likeness (QED) is 0.428. The van der Waals surface area contributed by atoms with Gasteiger partial charge in [0.05, 0.1) is 36.0 Å². The Bertz CT molecular complexity index is 1240. The highest BCUT2D eigenvalue weighted by molar-refractivity contribution is 5.98. The number of carbonyl (C=O) groups excluding carboxylic acids is 2. The summed E-state index contributed by atoms with van der Waals surface area (Å²) in [5, 5.41) is 12.7. The lowest BCUT2D eigenvalue weighted by atomic mass is 10.0. The van der Waals surface area contributed by atoms with Crippen LogP contribution in [-0.2, 0) is 10.9 Å². The van der Waals surface area contributed by atoms with E-state index in [1.165, 1.54) is 17.0 Å². The standard InChI is InChI=1S/C32H45F3N4O5/c1-21-18-39(22(2)20-40)30(41)27-17-26(37(4)5)14-15-28(27)44-23(3)9-7-8-16-43-29(21)19-38(6)31(42)36-25-12-10-24(11-13-25)32(33,34)35/h10-15,17,21-23,29,40H,7-9,16,18-20H2,1-6H3,(H,36,42)/t21-,22-,23+,29-/m0/s1. The molecule has 2 aromatic rings. The van der Waals surface area contributed by atoms with Crippen LogP contribution in [0.3, 0.4) is 0 Å². The SMILES string of the molecule is C[C@@H]1CCCCO[C@@H](CN(C)C(=O)Nc2ccc(C(F)(F)F)cc2)[C@@H](C)CN([C@@H](C)CO)C(=O)c2cc(N(C)C)ccc2O1. The third-order valence-electron chi connectivity index (χ3n) is 7.82. The molecule has 12 heteroatoms. The van der Waals surface area contributed by atoms with E-state index < -0.39 is 29.9 Å². The lowest BCUT2D eigenvalue weighted by Crippen LogP contribution is -2.48. The van der Waals surface area contributed by atoms with Gasteiger partial charge in [-0.2, -0.15) is 13.2 Å². The smallest absolute Gasteiger partial charge is 0.416 e. The lowest BCUT2D eigenvalue weighted by molar-refractivity contribution is -0.137. The molecule has 2 aromatic carbocycles. The van der Waals surface area contributed by atoms with Crippen molar-refractivity contribution < 1.29 is 37.3 Å². The normalized spacial score (nSPS) is 21.0. The Balaban J connectivity index is 1.84. The van der Waals surface area contributed by atoms with E-state index in [1.807, 2.05) is 45.0 Å². The zero-order chi connectivity index (χ0) is 32.6. The molecule has 0 aliphatic carbocycles. The summed E-state index contributed by atoms with van der Waals surface area (Å²) < 4.78 is 51.3. The Morgan fingerprint density at radius 2 is 1.80 bits per heavy atom. The maximum Gasteiger partial charge on any atom is 0.416 e. The number of amides is 3. The van der Waals surface area contributed by atoms with Gasteiger partial charge in [-0.1, -0.05) is 6.92 Å². The number of aliphatic hydroxyl groups excluding tert-OH is 1. The van der Waals surface area contributed by atoms with Crippen molar-refractivity contribution >= 4 is 23.3 Å². The van der Waals surface area contributed by atoms with Crippen molar-refractivity contribution in [1.29, 1.82) is 0 Å². The summed E-state index contributed by atoms with van der Waals surface area (Å²) in [7, 11) is 5.36. The van der Waals surface area contributed by atoms with Gasteiger partial charge in [-0.15, -0.1) is 0 Å². The van der Waals surface area contributed by atoms with Crippen molar-refractivity contribution in [2.75, 3.05) is 57.7 Å². The molecule has 0 fully saturated rings. The molecule has 2 N–H and O–H groups in total. The number of halogens is 3. The van der Waals surface area contributed by atoms with Gasteiger partial charge in [-0.25, -0.2) is 4.79 Å². The number of urea groups is 1. The number of nitrogens with one attached hydrogen (secondary N) is 1. The van der Waals surface area contributed by atoms with Crippen molar-refractivity contribution in [1.82, 2.24) is 9.80 Å². The fraction of sp³-hybridized carbons (Fsp3) is 0.562. The van der Waals surface area contributed by atoms with Crippen LogP contribution in [0.2, 0.25) is 0 Å². The molecule has 44 heavy (non-hydrogen) atoms. The van der Waals surface area contributed by atoms with E-state index in [0.717, 1.165) is 37.1 Å². The number of ether oxygens (including phenoxy) is 2. The first-order chi connectivity index (χ1) is 20.7. The minimum absolute atomic E-state index is 0.145. The molecule has 0 radical (unpaired) electrons. The average molecular weight is 623 g/mol. The van der Waals surface area contributed by atoms with Crippen LogP contribution in [0.4, 0.5) is 29.3 Å². The molecular formula is C32H45F3N4O5. The van der Waals surface area contributed by atoms with Crippen LogP contribution in [0, 0.1) is 5.92 Å². The Hall–Kier alpha value is -3.51. The summed E-state index contributed by atoms with van der Waals surface area (Å²) in [5.74, 6) is -0.0496. The largest absolute Gasteiger partial charge is 0.490 e. The predicted octanol–water partition coefficient (Wildman–Crippen LogP) is 5.73. The number of benzene rings is 2. The lowest BCUT2D eigenvalue weighted by Gasteiger charge is -2.36. The Morgan fingerprint density at radius 3 is 2.41 bits per heavy atom. The zero-order valence-electron chi connectivity index (χ0n) is 26.4. The average Bonchev–Trinajstić information content (AvgIpc) is 2.97. The maximum absolute atomic E-state index is 14.1. The van der Waals surface area contributed by atoms with Crippen molar-refractivity contribution in [3.63, 3.8) is 0 Å². The second-order valence-electron chi connectivity index (χ2n) is 11.8. The summed E-state index contributed by atoms with van der Waals surface area (Å²) >= 11 is 0. The number of rotatable bonds is 6. The molecule has 0 unspecified atom stereocenters. The van der Waals surface area contributed by atoms with E-state index in [1.54, 1.807) is 24.9 Å². The van der Waals surface area contributed by atoms with E-state index in [9.17, 15) is 27.9 Å². The number of alkyl halides is 3. The minimum atomic E-state index is -4.47. The summed E-state index contributed by atoms with van der Waals surface area (Å²) in [6, 6.07) is 8.74. The summed E-state index contributed by atoms with van der Waals surface area (Å²) in [5.41, 5.74) is 0.665. The van der Waals surface area contributed by atoms with Gasteiger partial charge in [0.25, 0.3) is 5.91 Å². The van der Waals surface area contributed by atoms with Crippen LogP contribution >= 0.6 is 0 Å². The van der Waals surface area contributed by atoms with Crippen LogP contribution in [0.15, 0.2) is 42.5 Å². The number of nitrogens with zero attached hydrogens (tertiary/aromatic N) is 3. The van der Waals surface area contributed by atoms with E-state index in [2.05, 4.69) is 5.32 Å². The number of likely N-dealkylation sites (N-methyl/N-ethyl adjacent to an activating group) is 1. The molecule has 0 spiro atoms. The molecule has 0 saturated carbocycles. The summed E-state index contributed by atoms with van der Waals surface area (Å²) in [6.45, 7) is 6.25. The van der Waals surface area contributed by atoms with E-state index in [-0.39, 0.29) is 43.3 Å². The minimum Gasteiger partial charge on any atom is -0.490 e. The summed E-state index contributed by atoms with van der Waals surface area (Å²) in [4.78, 5) is 32.0.